The van der Waals surface area contributed by atoms with Crippen LogP contribution in [-0.2, 0) is 6.42 Å². The Kier molecular flexibility index (Phi) is 4.52. The monoisotopic (exact) mass is 426 g/mol. The van der Waals surface area contributed by atoms with Crippen LogP contribution in [0.4, 0.5) is 5.13 Å². The van der Waals surface area contributed by atoms with E-state index in [1.807, 2.05) is 36.4 Å². The number of thiazole rings is 1. The number of halogens is 1. The molecule has 1 aliphatic heterocycles. The van der Waals surface area contributed by atoms with E-state index >= 15 is 0 Å². The van der Waals surface area contributed by atoms with E-state index in [1.165, 1.54) is 16.9 Å². The maximum atomic E-state index is 6.46. The molecule has 140 valence electrons. The molecule has 1 aromatic carbocycles. The number of hydrazine groups is 1. The SMILES string of the molecule is NNc1nc(-c2cc3c(s2)-c2ncccc2OCC3)c(-c2ccccc2Cl)s1. The van der Waals surface area contributed by atoms with E-state index in [2.05, 4.69) is 16.5 Å². The fourth-order valence-electron chi connectivity index (χ4n) is 3.26. The van der Waals surface area contributed by atoms with Crippen molar-refractivity contribution < 1.29 is 4.74 Å². The molecular formula is C20H15ClN4OS2. The quantitative estimate of drug-likeness (QED) is 0.335. The van der Waals surface area contributed by atoms with Gasteiger partial charge in [0.15, 0.2) is 5.13 Å². The molecule has 4 aromatic rings. The first-order chi connectivity index (χ1) is 13.7. The zero-order valence-corrected chi connectivity index (χ0v) is 17.0. The van der Waals surface area contributed by atoms with Crippen LogP contribution in [0.15, 0.2) is 48.7 Å². The number of nitrogens with zero attached hydrogens (tertiary/aromatic N) is 2. The molecule has 5 rings (SSSR count). The smallest absolute Gasteiger partial charge is 0.198 e. The third kappa shape index (κ3) is 2.97. The van der Waals surface area contributed by atoms with Crippen LogP contribution in [0.3, 0.4) is 0 Å². The minimum atomic E-state index is 0.631. The van der Waals surface area contributed by atoms with E-state index in [0.29, 0.717) is 16.8 Å². The van der Waals surface area contributed by atoms with Gasteiger partial charge in [0.1, 0.15) is 17.1 Å². The Balaban J connectivity index is 1.69. The van der Waals surface area contributed by atoms with Crippen molar-refractivity contribution in [2.45, 2.75) is 6.42 Å². The Morgan fingerprint density at radius 2 is 1.96 bits per heavy atom. The first-order valence-electron chi connectivity index (χ1n) is 8.68. The Hall–Kier alpha value is -2.45. The van der Waals surface area contributed by atoms with Gasteiger partial charge in [-0.15, -0.1) is 11.3 Å². The van der Waals surface area contributed by atoms with Crippen molar-refractivity contribution in [1.29, 1.82) is 0 Å². The molecule has 5 nitrogen and oxygen atoms in total. The summed E-state index contributed by atoms with van der Waals surface area (Å²) in [5.74, 6) is 6.47. The van der Waals surface area contributed by atoms with E-state index in [1.54, 1.807) is 17.5 Å². The predicted molar refractivity (Wildman–Crippen MR) is 116 cm³/mol. The van der Waals surface area contributed by atoms with Gasteiger partial charge in [0, 0.05) is 23.2 Å². The molecule has 0 radical (unpaired) electrons. The first-order valence-corrected chi connectivity index (χ1v) is 10.7. The minimum Gasteiger partial charge on any atom is -0.491 e. The summed E-state index contributed by atoms with van der Waals surface area (Å²) in [6.45, 7) is 0.631. The van der Waals surface area contributed by atoms with Gasteiger partial charge in [0.25, 0.3) is 0 Å². The number of anilines is 1. The standard InChI is InChI=1S/C20H15ClN4OS2/c21-13-5-2-1-4-12(13)19-17(24-20(25-22)28-19)15-10-11-7-9-26-14-6-3-8-23-16(14)18(11)27-15/h1-6,8,10H,7,9,22H2,(H,24,25). The van der Waals surface area contributed by atoms with Gasteiger partial charge >= 0.3 is 0 Å². The minimum absolute atomic E-state index is 0.631. The van der Waals surface area contributed by atoms with E-state index in [4.69, 9.17) is 27.2 Å². The predicted octanol–water partition coefficient (Wildman–Crippen LogP) is 5.47. The summed E-state index contributed by atoms with van der Waals surface area (Å²) < 4.78 is 5.85. The zero-order valence-electron chi connectivity index (χ0n) is 14.6. The van der Waals surface area contributed by atoms with Crippen molar-refractivity contribution in [3.63, 3.8) is 0 Å². The molecule has 0 aliphatic carbocycles. The molecule has 28 heavy (non-hydrogen) atoms. The van der Waals surface area contributed by atoms with Gasteiger partial charge in [-0.05, 0) is 29.8 Å². The molecule has 3 aromatic heterocycles. The van der Waals surface area contributed by atoms with E-state index in [9.17, 15) is 0 Å². The average molecular weight is 427 g/mol. The lowest BCUT2D eigenvalue weighted by atomic mass is 10.1. The summed E-state index contributed by atoms with van der Waals surface area (Å²) in [6.07, 6.45) is 2.63. The summed E-state index contributed by atoms with van der Waals surface area (Å²) in [7, 11) is 0. The maximum absolute atomic E-state index is 6.46. The van der Waals surface area contributed by atoms with Crippen molar-refractivity contribution in [2.75, 3.05) is 12.0 Å². The molecule has 3 N–H and O–H groups in total. The highest BCUT2D eigenvalue weighted by Crippen LogP contribution is 2.47. The lowest BCUT2D eigenvalue weighted by Gasteiger charge is -2.05. The summed E-state index contributed by atoms with van der Waals surface area (Å²) in [5, 5.41) is 1.34. The third-order valence-electron chi connectivity index (χ3n) is 4.53. The summed E-state index contributed by atoms with van der Waals surface area (Å²) >= 11 is 9.63. The number of nitrogens with one attached hydrogen (secondary N) is 1. The summed E-state index contributed by atoms with van der Waals surface area (Å²) in [5.41, 5.74) is 6.60. The molecule has 0 fully saturated rings. The second-order valence-corrected chi connectivity index (χ2v) is 8.69. The fraction of sp³-hybridized carbons (Fsp3) is 0.100. The summed E-state index contributed by atoms with van der Waals surface area (Å²) in [4.78, 5) is 12.5. The highest BCUT2D eigenvalue weighted by atomic mass is 35.5. The lowest BCUT2D eigenvalue weighted by molar-refractivity contribution is 0.325. The number of thiophene rings is 1. The number of hydrogen-bond acceptors (Lipinski definition) is 7. The van der Waals surface area contributed by atoms with Crippen LogP contribution >= 0.6 is 34.3 Å². The molecule has 0 atom stereocenters. The molecule has 0 saturated carbocycles. The van der Waals surface area contributed by atoms with E-state index < -0.39 is 0 Å². The summed E-state index contributed by atoms with van der Waals surface area (Å²) in [6, 6.07) is 13.8. The number of nitrogen functional groups attached to an aromatic ring is 1. The van der Waals surface area contributed by atoms with E-state index in [0.717, 1.165) is 43.8 Å². The van der Waals surface area contributed by atoms with Crippen LogP contribution in [0.5, 0.6) is 5.75 Å². The Morgan fingerprint density at radius 1 is 1.07 bits per heavy atom. The van der Waals surface area contributed by atoms with Gasteiger partial charge in [-0.2, -0.15) is 0 Å². The van der Waals surface area contributed by atoms with Gasteiger partial charge in [-0.25, -0.2) is 10.8 Å². The number of ether oxygens (including phenoxy) is 1. The van der Waals surface area contributed by atoms with Gasteiger partial charge in [-0.1, -0.05) is 41.1 Å². The molecular weight excluding hydrogens is 412 g/mol. The maximum Gasteiger partial charge on any atom is 0.198 e. The highest BCUT2D eigenvalue weighted by molar-refractivity contribution is 7.21. The van der Waals surface area contributed by atoms with Crippen molar-refractivity contribution in [3.8, 4) is 37.3 Å². The van der Waals surface area contributed by atoms with Crippen LogP contribution in [-0.4, -0.2) is 16.6 Å². The molecule has 0 amide bonds. The van der Waals surface area contributed by atoms with Crippen molar-refractivity contribution in [1.82, 2.24) is 9.97 Å². The van der Waals surface area contributed by atoms with Crippen molar-refractivity contribution >= 4 is 39.4 Å². The average Bonchev–Trinajstić information content (AvgIpc) is 3.29. The molecule has 0 bridgehead atoms. The van der Waals surface area contributed by atoms with Crippen LogP contribution in [0.1, 0.15) is 5.56 Å². The van der Waals surface area contributed by atoms with Crippen LogP contribution < -0.4 is 16.0 Å². The van der Waals surface area contributed by atoms with Crippen LogP contribution in [0.2, 0.25) is 5.02 Å². The molecule has 0 spiro atoms. The Bertz CT molecular complexity index is 1170. The second kappa shape index (κ2) is 7.18. The molecule has 1 aliphatic rings. The molecule has 8 heteroatoms. The topological polar surface area (TPSA) is 73.1 Å². The van der Waals surface area contributed by atoms with Gasteiger partial charge in [-0.3, -0.25) is 10.4 Å². The number of fused-ring (bicyclic) bond motifs is 3. The van der Waals surface area contributed by atoms with Crippen molar-refractivity contribution in [3.05, 3.63) is 59.2 Å². The number of hydrogen-bond donors (Lipinski definition) is 2. The number of rotatable bonds is 3. The normalized spacial score (nSPS) is 12.6. The number of pyridine rings is 1. The molecule has 0 saturated heterocycles. The second-order valence-electron chi connectivity index (χ2n) is 6.23. The van der Waals surface area contributed by atoms with Gasteiger partial charge in [0.2, 0.25) is 0 Å². The van der Waals surface area contributed by atoms with Crippen molar-refractivity contribution in [2.24, 2.45) is 5.84 Å². The lowest BCUT2D eigenvalue weighted by Crippen LogP contribution is -2.05. The first kappa shape index (κ1) is 17.6. The zero-order chi connectivity index (χ0) is 19.1. The number of benzene rings is 1. The Labute approximate surface area is 174 Å². The van der Waals surface area contributed by atoms with Crippen LogP contribution in [0, 0.1) is 0 Å². The van der Waals surface area contributed by atoms with Gasteiger partial charge < -0.3 is 4.74 Å². The highest BCUT2D eigenvalue weighted by Gasteiger charge is 2.24. The van der Waals surface area contributed by atoms with Gasteiger partial charge in [0.05, 0.1) is 21.2 Å². The Morgan fingerprint density at radius 3 is 2.82 bits per heavy atom. The number of nitrogens with two attached hydrogens (primary N) is 1. The number of aromatic nitrogens is 2. The van der Waals surface area contributed by atoms with Crippen LogP contribution in [0.25, 0.3) is 31.6 Å². The molecule has 4 heterocycles. The van der Waals surface area contributed by atoms with E-state index in [-0.39, 0.29) is 0 Å². The molecule has 0 unspecified atom stereocenters. The third-order valence-corrected chi connectivity index (χ3v) is 7.07. The largest absolute Gasteiger partial charge is 0.491 e. The fourth-order valence-corrected chi connectivity index (χ4v) is 5.74.